The van der Waals surface area contributed by atoms with Crippen molar-refractivity contribution in [3.8, 4) is 0 Å². The van der Waals surface area contributed by atoms with Gasteiger partial charge in [0.15, 0.2) is 5.11 Å². The Labute approximate surface area is 144 Å². The summed E-state index contributed by atoms with van der Waals surface area (Å²) in [4.78, 5) is 2.53. The predicted octanol–water partition coefficient (Wildman–Crippen LogP) is 2.87. The molecule has 1 aromatic rings. The van der Waals surface area contributed by atoms with E-state index in [9.17, 15) is 0 Å². The van der Waals surface area contributed by atoms with E-state index in [0.29, 0.717) is 6.04 Å². The van der Waals surface area contributed by atoms with E-state index in [-0.39, 0.29) is 0 Å². The van der Waals surface area contributed by atoms with E-state index in [1.54, 1.807) is 0 Å². The minimum absolute atomic E-state index is 0.521. The molecule has 1 aliphatic heterocycles. The Morgan fingerprint density at radius 2 is 2.00 bits per heavy atom. The van der Waals surface area contributed by atoms with Crippen LogP contribution in [0.4, 0.5) is 0 Å². The summed E-state index contributed by atoms with van der Waals surface area (Å²) in [6.45, 7) is 4.31. The second-order valence-corrected chi connectivity index (χ2v) is 7.18. The van der Waals surface area contributed by atoms with Gasteiger partial charge in [0.25, 0.3) is 0 Å². The van der Waals surface area contributed by atoms with Crippen molar-refractivity contribution in [2.75, 3.05) is 31.6 Å². The van der Waals surface area contributed by atoms with Crippen LogP contribution in [0.2, 0.25) is 0 Å². The molecule has 2 N–H and O–H groups in total. The molecule has 5 heteroatoms. The predicted molar refractivity (Wildman–Crippen MR) is 101 cm³/mol. The average Bonchev–Trinajstić information content (AvgIpc) is 2.54. The molecule has 122 valence electrons. The molecule has 0 aromatic heterocycles. The SMILES string of the molecule is CSCCCNC(=S)NC1CCN(Cc2ccccc2)CC1. The van der Waals surface area contributed by atoms with E-state index in [1.807, 2.05) is 11.8 Å². The third-order valence-electron chi connectivity index (χ3n) is 3.98. The monoisotopic (exact) mass is 337 g/mol. The molecule has 1 aromatic carbocycles. The number of benzene rings is 1. The second kappa shape index (κ2) is 10.1. The Morgan fingerprint density at radius 1 is 1.27 bits per heavy atom. The number of nitrogens with zero attached hydrogens (tertiary/aromatic N) is 1. The standard InChI is InChI=1S/C17H27N3S2/c1-22-13-5-10-18-17(21)19-16-8-11-20(12-9-16)14-15-6-3-2-4-7-15/h2-4,6-7,16H,5,8-14H2,1H3,(H2,18,19,21). The lowest BCUT2D eigenvalue weighted by atomic mass is 10.0. The summed E-state index contributed by atoms with van der Waals surface area (Å²) in [5, 5.41) is 7.60. The van der Waals surface area contributed by atoms with Gasteiger partial charge >= 0.3 is 0 Å². The van der Waals surface area contributed by atoms with Crippen LogP contribution >= 0.6 is 24.0 Å². The van der Waals surface area contributed by atoms with Gasteiger partial charge < -0.3 is 10.6 Å². The molecule has 3 nitrogen and oxygen atoms in total. The smallest absolute Gasteiger partial charge is 0.166 e. The summed E-state index contributed by atoms with van der Waals surface area (Å²) in [5.41, 5.74) is 1.40. The van der Waals surface area contributed by atoms with Crippen LogP contribution in [0, 0.1) is 0 Å². The number of piperidine rings is 1. The van der Waals surface area contributed by atoms with Crippen LogP contribution in [0.25, 0.3) is 0 Å². The molecule has 1 aliphatic rings. The summed E-state index contributed by atoms with van der Waals surface area (Å²) in [5.74, 6) is 1.19. The molecule has 1 saturated heterocycles. The topological polar surface area (TPSA) is 27.3 Å². The number of rotatable bonds is 7. The van der Waals surface area contributed by atoms with Crippen molar-refractivity contribution in [3.63, 3.8) is 0 Å². The van der Waals surface area contributed by atoms with Crippen molar-refractivity contribution in [2.45, 2.75) is 31.8 Å². The summed E-state index contributed by atoms with van der Waals surface area (Å²) < 4.78 is 0. The largest absolute Gasteiger partial charge is 0.363 e. The zero-order chi connectivity index (χ0) is 15.6. The Balaban J connectivity index is 1.61. The molecular weight excluding hydrogens is 310 g/mol. The quantitative estimate of drug-likeness (QED) is 0.589. The maximum absolute atomic E-state index is 5.38. The molecule has 0 aliphatic carbocycles. The highest BCUT2D eigenvalue weighted by atomic mass is 32.2. The van der Waals surface area contributed by atoms with Gasteiger partial charge in [0.1, 0.15) is 0 Å². The van der Waals surface area contributed by atoms with E-state index in [2.05, 4.69) is 52.1 Å². The van der Waals surface area contributed by atoms with Gasteiger partial charge in [-0.25, -0.2) is 0 Å². The molecule has 0 bridgehead atoms. The van der Waals surface area contributed by atoms with Crippen molar-refractivity contribution < 1.29 is 0 Å². The number of thiocarbonyl (C=S) groups is 1. The number of likely N-dealkylation sites (tertiary alicyclic amines) is 1. The molecule has 22 heavy (non-hydrogen) atoms. The number of hydrogen-bond acceptors (Lipinski definition) is 3. The highest BCUT2D eigenvalue weighted by molar-refractivity contribution is 7.98. The highest BCUT2D eigenvalue weighted by Gasteiger charge is 2.19. The zero-order valence-electron chi connectivity index (χ0n) is 13.4. The lowest BCUT2D eigenvalue weighted by Crippen LogP contribution is -2.47. The minimum Gasteiger partial charge on any atom is -0.363 e. The van der Waals surface area contributed by atoms with Crippen molar-refractivity contribution in [2.24, 2.45) is 0 Å². The zero-order valence-corrected chi connectivity index (χ0v) is 15.0. The molecule has 2 rings (SSSR count). The normalized spacial score (nSPS) is 16.4. The van der Waals surface area contributed by atoms with Gasteiger partial charge in [-0.2, -0.15) is 11.8 Å². The molecule has 0 radical (unpaired) electrons. The molecule has 1 fully saturated rings. The third-order valence-corrected chi connectivity index (χ3v) is 4.94. The molecule has 0 amide bonds. The average molecular weight is 338 g/mol. The first kappa shape index (κ1) is 17.6. The van der Waals surface area contributed by atoms with Crippen LogP contribution in [0.3, 0.4) is 0 Å². The number of nitrogens with one attached hydrogen (secondary N) is 2. The van der Waals surface area contributed by atoms with E-state index < -0.39 is 0 Å². The van der Waals surface area contributed by atoms with Crippen molar-refractivity contribution in [1.29, 1.82) is 0 Å². The first-order valence-corrected chi connectivity index (χ1v) is 9.87. The van der Waals surface area contributed by atoms with Crippen LogP contribution in [0.15, 0.2) is 30.3 Å². The second-order valence-electron chi connectivity index (χ2n) is 5.78. The van der Waals surface area contributed by atoms with Crippen LogP contribution in [-0.2, 0) is 6.54 Å². The minimum atomic E-state index is 0.521. The third kappa shape index (κ3) is 6.55. The molecule has 0 atom stereocenters. The Morgan fingerprint density at radius 3 is 2.68 bits per heavy atom. The lowest BCUT2D eigenvalue weighted by molar-refractivity contribution is 0.199. The van der Waals surface area contributed by atoms with Gasteiger partial charge in [-0.05, 0) is 49.1 Å². The maximum atomic E-state index is 5.38. The van der Waals surface area contributed by atoms with Gasteiger partial charge in [0.2, 0.25) is 0 Å². The fourth-order valence-corrected chi connectivity index (χ4v) is 3.43. The molecule has 0 spiro atoms. The van der Waals surface area contributed by atoms with Crippen LogP contribution < -0.4 is 10.6 Å². The van der Waals surface area contributed by atoms with Gasteiger partial charge in [-0.3, -0.25) is 4.90 Å². The fourth-order valence-electron chi connectivity index (χ4n) is 2.73. The molecule has 1 heterocycles. The van der Waals surface area contributed by atoms with Gasteiger partial charge in [0.05, 0.1) is 0 Å². The molecular formula is C17H27N3S2. The van der Waals surface area contributed by atoms with Crippen LogP contribution in [0.1, 0.15) is 24.8 Å². The summed E-state index contributed by atoms with van der Waals surface area (Å²) in [6.07, 6.45) is 5.64. The van der Waals surface area contributed by atoms with Gasteiger partial charge in [-0.15, -0.1) is 0 Å². The first-order chi connectivity index (χ1) is 10.8. The fraction of sp³-hybridized carbons (Fsp3) is 0.588. The van der Waals surface area contributed by atoms with Crippen LogP contribution in [0.5, 0.6) is 0 Å². The van der Waals surface area contributed by atoms with Gasteiger partial charge in [0, 0.05) is 32.2 Å². The van der Waals surface area contributed by atoms with Crippen molar-refractivity contribution >= 4 is 29.1 Å². The number of thioether (sulfide) groups is 1. The Bertz CT molecular complexity index is 431. The van der Waals surface area contributed by atoms with Crippen molar-refractivity contribution in [1.82, 2.24) is 15.5 Å². The lowest BCUT2D eigenvalue weighted by Gasteiger charge is -2.33. The molecule has 0 unspecified atom stereocenters. The van der Waals surface area contributed by atoms with E-state index in [0.717, 1.165) is 31.3 Å². The first-order valence-electron chi connectivity index (χ1n) is 8.07. The Hall–Kier alpha value is -0.780. The maximum Gasteiger partial charge on any atom is 0.166 e. The highest BCUT2D eigenvalue weighted by Crippen LogP contribution is 2.13. The summed E-state index contributed by atoms with van der Waals surface area (Å²) >= 11 is 7.26. The van der Waals surface area contributed by atoms with E-state index >= 15 is 0 Å². The van der Waals surface area contributed by atoms with Crippen LogP contribution in [-0.4, -0.2) is 47.7 Å². The van der Waals surface area contributed by atoms with E-state index in [1.165, 1.54) is 30.6 Å². The summed E-state index contributed by atoms with van der Waals surface area (Å²) in [7, 11) is 0. The number of hydrogen-bond donors (Lipinski definition) is 2. The van der Waals surface area contributed by atoms with E-state index in [4.69, 9.17) is 12.2 Å². The van der Waals surface area contributed by atoms with Gasteiger partial charge in [-0.1, -0.05) is 30.3 Å². The molecule has 0 saturated carbocycles. The summed E-state index contributed by atoms with van der Waals surface area (Å²) in [6, 6.07) is 11.2. The Kier molecular flexibility index (Phi) is 8.05. The van der Waals surface area contributed by atoms with Crippen molar-refractivity contribution in [3.05, 3.63) is 35.9 Å².